The molecule has 1 unspecified atom stereocenters. The normalized spacial score (nSPS) is 29.0. The molecule has 0 nitrogen and oxygen atoms in total. The van der Waals surface area contributed by atoms with Gasteiger partial charge < -0.3 is 0 Å². The van der Waals surface area contributed by atoms with Crippen LogP contribution in [0, 0.1) is 11.3 Å². The molecule has 0 aliphatic heterocycles. The summed E-state index contributed by atoms with van der Waals surface area (Å²) in [5.74, 6) is 0.113. The molecule has 0 spiro atoms. The lowest BCUT2D eigenvalue weighted by Gasteiger charge is -2.38. The number of hydrogen-bond donors (Lipinski definition) is 0. The number of hydrogen-bond acceptors (Lipinski definition) is 0. The zero-order valence-corrected chi connectivity index (χ0v) is 10.1. The van der Waals surface area contributed by atoms with Gasteiger partial charge in [0, 0.05) is 5.92 Å². The summed E-state index contributed by atoms with van der Waals surface area (Å²) in [5.41, 5.74) is 3.12. The van der Waals surface area contributed by atoms with E-state index in [0.29, 0.717) is 5.41 Å². The highest BCUT2D eigenvalue weighted by Crippen LogP contribution is 2.46. The van der Waals surface area contributed by atoms with Gasteiger partial charge in [-0.15, -0.1) is 0 Å². The van der Waals surface area contributed by atoms with Gasteiger partial charge in [0.1, 0.15) is 0 Å². The monoisotopic (exact) mass is 220 g/mol. The van der Waals surface area contributed by atoms with Crippen LogP contribution in [0.5, 0.6) is 0 Å². The van der Waals surface area contributed by atoms with Gasteiger partial charge in [0.15, 0.2) is 0 Å². The van der Waals surface area contributed by atoms with E-state index in [-0.39, 0.29) is 12.6 Å². The molecule has 1 atom stereocenters. The lowest BCUT2D eigenvalue weighted by Crippen LogP contribution is -2.25. The molecule has 2 aliphatic carbocycles. The molecule has 0 radical (unpaired) electrons. The third-order valence-electron chi connectivity index (χ3n) is 4.20. The fourth-order valence-corrected chi connectivity index (χ4v) is 2.78. The second kappa shape index (κ2) is 4.57. The van der Waals surface area contributed by atoms with Gasteiger partial charge >= 0.3 is 0 Å². The topological polar surface area (TPSA) is 0 Å². The molecule has 0 amide bonds. The van der Waals surface area contributed by atoms with Gasteiger partial charge in [-0.2, -0.15) is 0 Å². The van der Waals surface area contributed by atoms with Gasteiger partial charge in [-0.3, -0.25) is 4.39 Å². The maximum absolute atomic E-state index is 12.7. The highest BCUT2D eigenvalue weighted by molar-refractivity contribution is 5.27. The number of rotatable bonds is 2. The minimum atomic E-state index is -0.226. The first-order chi connectivity index (χ1) is 7.64. The highest BCUT2D eigenvalue weighted by Gasteiger charge is 2.33. The van der Waals surface area contributed by atoms with Crippen molar-refractivity contribution in [3.8, 4) is 0 Å². The van der Waals surface area contributed by atoms with Gasteiger partial charge in [-0.1, -0.05) is 42.9 Å². The molecule has 0 aromatic rings. The van der Waals surface area contributed by atoms with Crippen molar-refractivity contribution in [3.05, 3.63) is 36.0 Å². The maximum Gasteiger partial charge on any atom is 0.0960 e. The van der Waals surface area contributed by atoms with E-state index in [1.165, 1.54) is 24.0 Å². The second-order valence-corrected chi connectivity index (χ2v) is 5.51. The van der Waals surface area contributed by atoms with Gasteiger partial charge in [0.25, 0.3) is 0 Å². The van der Waals surface area contributed by atoms with Crippen molar-refractivity contribution in [1.29, 1.82) is 0 Å². The van der Waals surface area contributed by atoms with E-state index in [4.69, 9.17) is 0 Å². The van der Waals surface area contributed by atoms with Crippen molar-refractivity contribution >= 4 is 0 Å². The van der Waals surface area contributed by atoms with Crippen LogP contribution in [-0.4, -0.2) is 6.67 Å². The van der Waals surface area contributed by atoms with Gasteiger partial charge in [-0.05, 0) is 37.5 Å². The van der Waals surface area contributed by atoms with Crippen LogP contribution < -0.4 is 0 Å². The van der Waals surface area contributed by atoms with E-state index < -0.39 is 0 Å². The van der Waals surface area contributed by atoms with E-state index in [9.17, 15) is 4.39 Å². The summed E-state index contributed by atoms with van der Waals surface area (Å²) in [6.07, 6.45) is 11.8. The Hall–Kier alpha value is -0.850. The van der Waals surface area contributed by atoms with Crippen molar-refractivity contribution in [1.82, 2.24) is 0 Å². The van der Waals surface area contributed by atoms with Crippen LogP contribution in [0.25, 0.3) is 0 Å². The van der Waals surface area contributed by atoms with Gasteiger partial charge in [0.05, 0.1) is 6.67 Å². The Morgan fingerprint density at radius 2 is 2.12 bits per heavy atom. The summed E-state index contributed by atoms with van der Waals surface area (Å²) >= 11 is 0. The minimum Gasteiger partial charge on any atom is -0.250 e. The van der Waals surface area contributed by atoms with Crippen molar-refractivity contribution in [2.75, 3.05) is 6.67 Å². The first-order valence-electron chi connectivity index (χ1n) is 6.24. The van der Waals surface area contributed by atoms with Crippen LogP contribution in [-0.2, 0) is 0 Å². The summed E-state index contributed by atoms with van der Waals surface area (Å²) in [6, 6.07) is 0. The number of halogens is 1. The van der Waals surface area contributed by atoms with E-state index in [0.717, 1.165) is 19.3 Å². The standard InChI is InChI=1S/C15H21F/c1-12-6-8-15(2,9-7-12)14-5-3-4-13(10-14)11-16/h3-5,13H,1,6-11H2,2H3. The molecule has 16 heavy (non-hydrogen) atoms. The molecule has 0 aromatic heterocycles. The molecule has 2 rings (SSSR count). The van der Waals surface area contributed by atoms with Crippen molar-refractivity contribution in [2.45, 2.75) is 39.0 Å². The zero-order chi connectivity index (χ0) is 11.6. The fraction of sp³-hybridized carbons (Fsp3) is 0.600. The van der Waals surface area contributed by atoms with Gasteiger partial charge in [-0.25, -0.2) is 0 Å². The minimum absolute atomic E-state index is 0.113. The van der Waals surface area contributed by atoms with Gasteiger partial charge in [0.2, 0.25) is 0 Å². The molecule has 1 heteroatoms. The average molecular weight is 220 g/mol. The van der Waals surface area contributed by atoms with E-state index >= 15 is 0 Å². The largest absolute Gasteiger partial charge is 0.250 e. The SMILES string of the molecule is C=C1CCC(C)(C2=CC=CC(CF)C2)CC1. The Morgan fingerprint density at radius 3 is 2.75 bits per heavy atom. The predicted octanol–water partition coefficient (Wildman–Crippen LogP) is 4.59. The van der Waals surface area contributed by atoms with Crippen molar-refractivity contribution in [2.24, 2.45) is 11.3 Å². The molecule has 0 aromatic carbocycles. The van der Waals surface area contributed by atoms with Crippen LogP contribution in [0.1, 0.15) is 39.0 Å². The third-order valence-corrected chi connectivity index (χ3v) is 4.20. The quantitative estimate of drug-likeness (QED) is 0.597. The van der Waals surface area contributed by atoms with Crippen molar-refractivity contribution < 1.29 is 4.39 Å². The third kappa shape index (κ3) is 2.28. The summed E-state index contributed by atoms with van der Waals surface area (Å²) < 4.78 is 12.7. The maximum atomic E-state index is 12.7. The molecular weight excluding hydrogens is 199 g/mol. The van der Waals surface area contributed by atoms with E-state index in [1.807, 2.05) is 12.2 Å². The summed E-state index contributed by atoms with van der Waals surface area (Å²) in [7, 11) is 0. The Morgan fingerprint density at radius 1 is 1.44 bits per heavy atom. The van der Waals surface area contributed by atoms with Crippen molar-refractivity contribution in [3.63, 3.8) is 0 Å². The molecule has 88 valence electrons. The smallest absolute Gasteiger partial charge is 0.0960 e. The molecule has 1 fully saturated rings. The Balaban J connectivity index is 2.09. The van der Waals surface area contributed by atoms with Crippen LogP contribution >= 0.6 is 0 Å². The summed E-state index contributed by atoms with van der Waals surface area (Å²) in [4.78, 5) is 0. The molecule has 2 aliphatic rings. The van der Waals surface area contributed by atoms with E-state index in [1.54, 1.807) is 0 Å². The zero-order valence-electron chi connectivity index (χ0n) is 10.1. The first kappa shape index (κ1) is 11.6. The average Bonchev–Trinajstić information content (AvgIpc) is 2.33. The summed E-state index contributed by atoms with van der Waals surface area (Å²) in [5, 5.41) is 0. The lowest BCUT2D eigenvalue weighted by molar-refractivity contribution is 0.280. The first-order valence-corrected chi connectivity index (χ1v) is 6.24. The van der Waals surface area contributed by atoms with Crippen LogP contribution in [0.3, 0.4) is 0 Å². The highest BCUT2D eigenvalue weighted by atomic mass is 19.1. The Bertz CT molecular complexity index is 325. The molecule has 0 N–H and O–H groups in total. The van der Waals surface area contributed by atoms with Crippen LogP contribution in [0.4, 0.5) is 4.39 Å². The Labute approximate surface area is 97.9 Å². The Kier molecular flexibility index (Phi) is 3.32. The second-order valence-electron chi connectivity index (χ2n) is 5.51. The van der Waals surface area contributed by atoms with E-state index in [2.05, 4.69) is 19.6 Å². The van der Waals surface area contributed by atoms with Crippen LogP contribution in [0.15, 0.2) is 36.0 Å². The molecular formula is C15H21F. The number of allylic oxidation sites excluding steroid dienone is 5. The predicted molar refractivity (Wildman–Crippen MR) is 67.0 cm³/mol. The molecule has 0 saturated heterocycles. The fourth-order valence-electron chi connectivity index (χ4n) is 2.78. The summed E-state index contributed by atoms with van der Waals surface area (Å²) in [6.45, 7) is 6.17. The molecule has 0 bridgehead atoms. The molecule has 0 heterocycles. The number of alkyl halides is 1. The molecule has 1 saturated carbocycles. The van der Waals surface area contributed by atoms with Crippen LogP contribution in [0.2, 0.25) is 0 Å². The lowest BCUT2D eigenvalue weighted by atomic mass is 9.66.